The summed E-state index contributed by atoms with van der Waals surface area (Å²) in [4.78, 5) is 38.2. The summed E-state index contributed by atoms with van der Waals surface area (Å²) in [7, 11) is 0. The van der Waals surface area contributed by atoms with Crippen LogP contribution >= 0.6 is 0 Å². The summed E-state index contributed by atoms with van der Waals surface area (Å²) >= 11 is 0. The molecular formula is C17H17N7O2. The quantitative estimate of drug-likeness (QED) is 0.659. The van der Waals surface area contributed by atoms with E-state index in [0.29, 0.717) is 16.9 Å². The molecule has 3 N–H and O–H groups in total. The number of nitrogens with zero attached hydrogens (tertiary/aromatic N) is 4. The molecule has 0 saturated heterocycles. The zero-order valence-electron chi connectivity index (χ0n) is 13.9. The van der Waals surface area contributed by atoms with Crippen LogP contribution in [0, 0.1) is 17.2 Å². The van der Waals surface area contributed by atoms with Gasteiger partial charge in [-0.3, -0.25) is 9.36 Å². The van der Waals surface area contributed by atoms with Crippen molar-refractivity contribution in [1.29, 1.82) is 5.26 Å². The van der Waals surface area contributed by atoms with E-state index in [0.717, 1.165) is 25.7 Å². The Kier molecular flexibility index (Phi) is 4.01. The standard InChI is InChI=1S/C17H17N7O2/c18-8-10-4-1-2-6-13(10)24-14-12(22-17(24)26)9-20-16(23-14)21-11-5-3-7-19-15(11)25/h3,5,7,9-10,13H,1-2,4,6H2,(H,19,25)(H,22,26)(H,20,21,23)/t10-,13+/m1/s1. The molecule has 2 atom stereocenters. The fourth-order valence-corrected chi connectivity index (χ4v) is 3.50. The minimum Gasteiger partial charge on any atom is -0.327 e. The molecule has 9 nitrogen and oxygen atoms in total. The van der Waals surface area contributed by atoms with Crippen molar-refractivity contribution in [1.82, 2.24) is 24.5 Å². The Hall–Kier alpha value is -3.41. The van der Waals surface area contributed by atoms with Crippen LogP contribution < -0.4 is 16.6 Å². The summed E-state index contributed by atoms with van der Waals surface area (Å²) in [6, 6.07) is 5.41. The van der Waals surface area contributed by atoms with Crippen molar-refractivity contribution in [3.8, 4) is 6.07 Å². The molecule has 3 aromatic rings. The highest BCUT2D eigenvalue weighted by molar-refractivity contribution is 5.72. The first-order valence-corrected chi connectivity index (χ1v) is 8.49. The van der Waals surface area contributed by atoms with Crippen LogP contribution in [0.1, 0.15) is 31.7 Å². The van der Waals surface area contributed by atoms with Gasteiger partial charge in [0.2, 0.25) is 5.95 Å². The fourth-order valence-electron chi connectivity index (χ4n) is 3.50. The summed E-state index contributed by atoms with van der Waals surface area (Å²) in [5.41, 5.74) is 0.663. The van der Waals surface area contributed by atoms with Crippen LogP contribution in [-0.2, 0) is 0 Å². The first-order chi connectivity index (χ1) is 12.7. The molecule has 9 heteroatoms. The Bertz CT molecular complexity index is 1100. The molecule has 0 amide bonds. The highest BCUT2D eigenvalue weighted by Gasteiger charge is 2.29. The van der Waals surface area contributed by atoms with E-state index in [1.807, 2.05) is 0 Å². The van der Waals surface area contributed by atoms with Crippen molar-refractivity contribution in [3.63, 3.8) is 0 Å². The van der Waals surface area contributed by atoms with Crippen molar-refractivity contribution in [3.05, 3.63) is 45.4 Å². The van der Waals surface area contributed by atoms with E-state index in [2.05, 4.69) is 31.3 Å². The minimum atomic E-state index is -0.295. The molecule has 1 saturated carbocycles. The Morgan fingerprint density at radius 2 is 2.15 bits per heavy atom. The van der Waals surface area contributed by atoms with E-state index in [-0.39, 0.29) is 29.2 Å². The fraction of sp³-hybridized carbons (Fsp3) is 0.353. The number of pyridine rings is 1. The second-order valence-corrected chi connectivity index (χ2v) is 6.36. The number of aromatic nitrogens is 5. The van der Waals surface area contributed by atoms with Gasteiger partial charge in [0.05, 0.1) is 24.2 Å². The van der Waals surface area contributed by atoms with Crippen LogP contribution in [0.3, 0.4) is 0 Å². The van der Waals surface area contributed by atoms with Gasteiger partial charge < -0.3 is 15.3 Å². The largest absolute Gasteiger partial charge is 0.328 e. The van der Waals surface area contributed by atoms with Crippen LogP contribution in [0.25, 0.3) is 11.2 Å². The molecule has 1 aliphatic rings. The van der Waals surface area contributed by atoms with Crippen molar-refractivity contribution < 1.29 is 0 Å². The lowest BCUT2D eigenvalue weighted by molar-refractivity contribution is 0.289. The highest BCUT2D eigenvalue weighted by atomic mass is 16.1. The highest BCUT2D eigenvalue weighted by Crippen LogP contribution is 2.34. The lowest BCUT2D eigenvalue weighted by Crippen LogP contribution is -2.29. The Morgan fingerprint density at radius 3 is 2.96 bits per heavy atom. The van der Waals surface area contributed by atoms with Gasteiger partial charge in [0.1, 0.15) is 11.2 Å². The van der Waals surface area contributed by atoms with Gasteiger partial charge >= 0.3 is 5.69 Å². The van der Waals surface area contributed by atoms with Crippen LogP contribution in [-0.4, -0.2) is 24.5 Å². The van der Waals surface area contributed by atoms with Gasteiger partial charge in [0.15, 0.2) is 5.65 Å². The van der Waals surface area contributed by atoms with Crippen LogP contribution in [0.15, 0.2) is 34.1 Å². The number of rotatable bonds is 3. The van der Waals surface area contributed by atoms with Crippen LogP contribution in [0.4, 0.5) is 11.6 Å². The van der Waals surface area contributed by atoms with Gasteiger partial charge in [0, 0.05) is 6.20 Å². The van der Waals surface area contributed by atoms with E-state index in [4.69, 9.17) is 0 Å². The van der Waals surface area contributed by atoms with Gasteiger partial charge in [-0.15, -0.1) is 0 Å². The van der Waals surface area contributed by atoms with Gasteiger partial charge in [-0.2, -0.15) is 10.2 Å². The maximum absolute atomic E-state index is 12.5. The smallest absolute Gasteiger partial charge is 0.327 e. The summed E-state index contributed by atoms with van der Waals surface area (Å²) in [5, 5.41) is 12.3. The number of H-pyrrole nitrogens is 2. The average Bonchev–Trinajstić information content (AvgIpc) is 2.98. The van der Waals surface area contributed by atoms with Crippen LogP contribution in [0.2, 0.25) is 0 Å². The van der Waals surface area contributed by atoms with Crippen molar-refractivity contribution >= 4 is 22.8 Å². The topological polar surface area (TPSA) is 132 Å². The number of nitriles is 1. The lowest BCUT2D eigenvalue weighted by Gasteiger charge is -2.27. The Morgan fingerprint density at radius 1 is 1.31 bits per heavy atom. The molecular weight excluding hydrogens is 334 g/mol. The number of nitrogens with one attached hydrogen (secondary N) is 3. The first kappa shape index (κ1) is 16.1. The second kappa shape index (κ2) is 6.48. The third-order valence-corrected chi connectivity index (χ3v) is 4.75. The SMILES string of the molecule is N#C[C@H]1CCCC[C@@H]1n1c(=O)[nH]c2cnc(Nc3ccc[nH]c3=O)nc21. The predicted octanol–water partition coefficient (Wildman–Crippen LogP) is 1.81. The lowest BCUT2D eigenvalue weighted by atomic mass is 9.85. The third-order valence-electron chi connectivity index (χ3n) is 4.75. The van der Waals surface area contributed by atoms with Gasteiger partial charge in [-0.25, -0.2) is 9.78 Å². The number of hydrogen-bond donors (Lipinski definition) is 3. The predicted molar refractivity (Wildman–Crippen MR) is 95.1 cm³/mol. The minimum absolute atomic E-state index is 0.210. The van der Waals surface area contributed by atoms with Crippen LogP contribution in [0.5, 0.6) is 0 Å². The number of anilines is 2. The molecule has 1 aliphatic carbocycles. The van der Waals surface area contributed by atoms with E-state index in [1.54, 1.807) is 16.7 Å². The van der Waals surface area contributed by atoms with E-state index in [1.165, 1.54) is 12.4 Å². The molecule has 0 spiro atoms. The van der Waals surface area contributed by atoms with E-state index in [9.17, 15) is 14.9 Å². The van der Waals surface area contributed by atoms with Gasteiger partial charge in [-0.1, -0.05) is 12.8 Å². The summed E-state index contributed by atoms with van der Waals surface area (Å²) < 4.78 is 1.56. The molecule has 0 unspecified atom stereocenters. The monoisotopic (exact) mass is 351 g/mol. The molecule has 0 bridgehead atoms. The summed E-state index contributed by atoms with van der Waals surface area (Å²) in [6.07, 6.45) is 6.53. The Labute approximate surface area is 147 Å². The Balaban J connectivity index is 1.78. The first-order valence-electron chi connectivity index (χ1n) is 8.49. The van der Waals surface area contributed by atoms with E-state index >= 15 is 0 Å². The second-order valence-electron chi connectivity index (χ2n) is 6.36. The molecule has 3 heterocycles. The van der Waals surface area contributed by atoms with Crippen molar-refractivity contribution in [2.45, 2.75) is 31.7 Å². The molecule has 0 aromatic carbocycles. The molecule has 132 valence electrons. The summed E-state index contributed by atoms with van der Waals surface area (Å²) in [6.45, 7) is 0. The van der Waals surface area contributed by atoms with Crippen molar-refractivity contribution in [2.24, 2.45) is 5.92 Å². The number of imidazole rings is 1. The molecule has 3 aromatic heterocycles. The average molecular weight is 351 g/mol. The number of hydrogen-bond acceptors (Lipinski definition) is 6. The third kappa shape index (κ3) is 2.75. The van der Waals surface area contributed by atoms with E-state index < -0.39 is 0 Å². The van der Waals surface area contributed by atoms with Gasteiger partial charge in [0.25, 0.3) is 5.56 Å². The number of aromatic amines is 2. The maximum Gasteiger partial charge on any atom is 0.328 e. The molecule has 0 radical (unpaired) electrons. The molecule has 26 heavy (non-hydrogen) atoms. The molecule has 4 rings (SSSR count). The zero-order chi connectivity index (χ0) is 18.1. The molecule has 0 aliphatic heterocycles. The maximum atomic E-state index is 12.5. The summed E-state index contributed by atoms with van der Waals surface area (Å²) in [5.74, 6) is -0.00457. The van der Waals surface area contributed by atoms with Crippen molar-refractivity contribution in [2.75, 3.05) is 5.32 Å². The van der Waals surface area contributed by atoms with Gasteiger partial charge in [-0.05, 0) is 25.0 Å². The zero-order valence-corrected chi connectivity index (χ0v) is 13.9. The number of fused-ring (bicyclic) bond motifs is 1. The normalized spacial score (nSPS) is 20.0. The molecule has 1 fully saturated rings.